The number of nitrogens with one attached hydrogen (secondary N) is 2. The molecule has 0 aromatic rings. The molecule has 33 heavy (non-hydrogen) atoms. The highest BCUT2D eigenvalue weighted by Crippen LogP contribution is 2.30. The van der Waals surface area contributed by atoms with Crippen molar-refractivity contribution in [1.82, 2.24) is 15.5 Å². The monoisotopic (exact) mass is 467 g/mol. The van der Waals surface area contributed by atoms with Crippen molar-refractivity contribution in [2.45, 2.75) is 103 Å². The summed E-state index contributed by atoms with van der Waals surface area (Å²) in [7, 11) is 0. The average Bonchev–Trinajstić information content (AvgIpc) is 2.76. The third-order valence-corrected chi connectivity index (χ3v) is 6.81. The molecular formula is C24H41N3O6. The van der Waals surface area contributed by atoms with E-state index in [0.29, 0.717) is 45.2 Å². The highest BCUT2D eigenvalue weighted by atomic mass is 16.6. The SMILES string of the molecule is CCC(C)C(NC(=O)OC(C)(C)C)C(=O)N1CCC(C(=O)NC2(C(=O)O)CCCCC2)CC1. The first-order chi connectivity index (χ1) is 15.4. The summed E-state index contributed by atoms with van der Waals surface area (Å²) in [5.74, 6) is -1.78. The number of carbonyl (C=O) groups excluding carboxylic acids is 3. The molecule has 2 aliphatic rings. The van der Waals surface area contributed by atoms with Crippen LogP contribution in [0.5, 0.6) is 0 Å². The van der Waals surface area contributed by atoms with Gasteiger partial charge in [-0.05, 0) is 52.4 Å². The first-order valence-corrected chi connectivity index (χ1v) is 12.2. The predicted molar refractivity (Wildman–Crippen MR) is 124 cm³/mol. The van der Waals surface area contributed by atoms with E-state index >= 15 is 0 Å². The van der Waals surface area contributed by atoms with Gasteiger partial charge in [-0.3, -0.25) is 9.59 Å². The molecule has 0 bridgehead atoms. The lowest BCUT2D eigenvalue weighted by Crippen LogP contribution is -2.58. The molecule has 1 saturated carbocycles. The number of hydrogen-bond donors (Lipinski definition) is 3. The van der Waals surface area contributed by atoms with Crippen molar-refractivity contribution in [3.63, 3.8) is 0 Å². The number of carboxylic acids is 1. The fourth-order valence-corrected chi connectivity index (χ4v) is 4.56. The van der Waals surface area contributed by atoms with Crippen molar-refractivity contribution in [1.29, 1.82) is 0 Å². The van der Waals surface area contributed by atoms with Crippen LogP contribution in [0.2, 0.25) is 0 Å². The Bertz CT molecular complexity index is 718. The number of carboxylic acid groups (broad SMARTS) is 1. The number of rotatable bonds is 7. The Morgan fingerprint density at radius 1 is 1.09 bits per heavy atom. The van der Waals surface area contributed by atoms with Crippen molar-refractivity contribution in [3.05, 3.63) is 0 Å². The Labute approximate surface area is 197 Å². The van der Waals surface area contributed by atoms with Gasteiger partial charge in [-0.25, -0.2) is 9.59 Å². The molecule has 3 amide bonds. The van der Waals surface area contributed by atoms with Crippen molar-refractivity contribution >= 4 is 23.9 Å². The van der Waals surface area contributed by atoms with E-state index < -0.39 is 29.2 Å². The molecule has 2 rings (SSSR count). The minimum absolute atomic E-state index is 0.0761. The van der Waals surface area contributed by atoms with E-state index in [1.165, 1.54) is 0 Å². The van der Waals surface area contributed by atoms with Crippen molar-refractivity contribution in [3.8, 4) is 0 Å². The van der Waals surface area contributed by atoms with Crippen LogP contribution in [-0.2, 0) is 19.1 Å². The molecule has 1 heterocycles. The predicted octanol–water partition coefficient (Wildman–Crippen LogP) is 3.07. The van der Waals surface area contributed by atoms with Gasteiger partial charge in [0.05, 0.1) is 0 Å². The topological polar surface area (TPSA) is 125 Å². The summed E-state index contributed by atoms with van der Waals surface area (Å²) in [5, 5.41) is 15.3. The van der Waals surface area contributed by atoms with Crippen molar-refractivity contribution in [2.24, 2.45) is 11.8 Å². The number of nitrogens with zero attached hydrogens (tertiary/aromatic N) is 1. The van der Waals surface area contributed by atoms with E-state index in [2.05, 4.69) is 10.6 Å². The van der Waals surface area contributed by atoms with Gasteiger partial charge in [0.1, 0.15) is 17.2 Å². The van der Waals surface area contributed by atoms with E-state index in [0.717, 1.165) is 19.3 Å². The van der Waals surface area contributed by atoms with Crippen LogP contribution in [-0.4, -0.2) is 64.2 Å². The Kier molecular flexibility index (Phi) is 9.14. The second-order valence-corrected chi connectivity index (χ2v) is 10.5. The molecule has 1 saturated heterocycles. The zero-order chi connectivity index (χ0) is 24.8. The second-order valence-electron chi connectivity index (χ2n) is 10.5. The standard InChI is InChI=1S/C24H41N3O6/c1-6-16(2)18(25-22(32)33-23(3,4)5)20(29)27-14-10-17(11-15-27)19(28)26-24(21(30)31)12-8-7-9-13-24/h16-18H,6-15H2,1-5H3,(H,25,32)(H,26,28)(H,30,31). The van der Waals surface area contributed by atoms with Crippen LogP contribution in [0.4, 0.5) is 4.79 Å². The number of aliphatic carboxylic acids is 1. The molecule has 1 aliphatic heterocycles. The maximum Gasteiger partial charge on any atom is 0.408 e. The number of alkyl carbamates (subject to hydrolysis) is 1. The van der Waals surface area contributed by atoms with Crippen LogP contribution in [0.25, 0.3) is 0 Å². The largest absolute Gasteiger partial charge is 0.480 e. The smallest absolute Gasteiger partial charge is 0.408 e. The molecule has 0 aromatic carbocycles. The summed E-state index contributed by atoms with van der Waals surface area (Å²) >= 11 is 0. The summed E-state index contributed by atoms with van der Waals surface area (Å²) in [6.45, 7) is 9.95. The van der Waals surface area contributed by atoms with Crippen LogP contribution in [0.1, 0.15) is 86.0 Å². The van der Waals surface area contributed by atoms with Gasteiger partial charge in [0.2, 0.25) is 11.8 Å². The van der Waals surface area contributed by atoms with Gasteiger partial charge in [0.25, 0.3) is 0 Å². The van der Waals surface area contributed by atoms with Gasteiger partial charge < -0.3 is 25.4 Å². The number of likely N-dealkylation sites (tertiary alicyclic amines) is 1. The molecule has 0 radical (unpaired) electrons. The maximum absolute atomic E-state index is 13.2. The van der Waals surface area contributed by atoms with Gasteiger partial charge in [0.15, 0.2) is 0 Å². The number of hydrogen-bond acceptors (Lipinski definition) is 5. The van der Waals surface area contributed by atoms with E-state index in [1.807, 2.05) is 13.8 Å². The summed E-state index contributed by atoms with van der Waals surface area (Å²) < 4.78 is 5.33. The molecule has 0 spiro atoms. The average molecular weight is 468 g/mol. The van der Waals surface area contributed by atoms with E-state index in [4.69, 9.17) is 4.74 Å². The normalized spacial score (nSPS) is 20.9. The molecular weight excluding hydrogens is 426 g/mol. The summed E-state index contributed by atoms with van der Waals surface area (Å²) in [5.41, 5.74) is -1.83. The quantitative estimate of drug-likeness (QED) is 0.528. The van der Waals surface area contributed by atoms with Crippen LogP contribution in [0.3, 0.4) is 0 Å². The molecule has 1 aliphatic carbocycles. The lowest BCUT2D eigenvalue weighted by molar-refractivity contribution is -0.150. The Morgan fingerprint density at radius 2 is 1.67 bits per heavy atom. The number of piperidine rings is 1. The molecule has 9 heteroatoms. The van der Waals surface area contributed by atoms with Crippen molar-refractivity contribution in [2.75, 3.05) is 13.1 Å². The first kappa shape index (κ1) is 26.9. The minimum atomic E-state index is -1.17. The summed E-state index contributed by atoms with van der Waals surface area (Å²) in [6, 6.07) is -0.701. The number of amides is 3. The highest BCUT2D eigenvalue weighted by molar-refractivity contribution is 5.89. The molecule has 2 fully saturated rings. The minimum Gasteiger partial charge on any atom is -0.480 e. The van der Waals surface area contributed by atoms with Gasteiger partial charge in [-0.15, -0.1) is 0 Å². The fraction of sp³-hybridized carbons (Fsp3) is 0.833. The molecule has 2 atom stereocenters. The van der Waals surface area contributed by atoms with Crippen LogP contribution >= 0.6 is 0 Å². The Morgan fingerprint density at radius 3 is 2.15 bits per heavy atom. The zero-order valence-electron chi connectivity index (χ0n) is 20.7. The van der Waals surface area contributed by atoms with Gasteiger partial charge in [-0.1, -0.05) is 39.5 Å². The molecule has 2 unspecified atom stereocenters. The van der Waals surface area contributed by atoms with Gasteiger partial charge >= 0.3 is 12.1 Å². The molecule has 0 aromatic heterocycles. The lowest BCUT2D eigenvalue weighted by atomic mass is 9.81. The summed E-state index contributed by atoms with van der Waals surface area (Å²) in [6.07, 6.45) is 4.50. The Balaban J connectivity index is 1.96. The van der Waals surface area contributed by atoms with Gasteiger partial charge in [0, 0.05) is 19.0 Å². The van der Waals surface area contributed by atoms with Crippen LogP contribution < -0.4 is 10.6 Å². The first-order valence-electron chi connectivity index (χ1n) is 12.2. The Hall–Kier alpha value is -2.32. The number of carbonyl (C=O) groups is 4. The lowest BCUT2D eigenvalue weighted by Gasteiger charge is -2.38. The van der Waals surface area contributed by atoms with Gasteiger partial charge in [-0.2, -0.15) is 0 Å². The second kappa shape index (κ2) is 11.2. The molecule has 3 N–H and O–H groups in total. The summed E-state index contributed by atoms with van der Waals surface area (Å²) in [4.78, 5) is 51.9. The molecule has 9 nitrogen and oxygen atoms in total. The number of ether oxygens (including phenoxy) is 1. The van der Waals surface area contributed by atoms with E-state index in [9.17, 15) is 24.3 Å². The maximum atomic E-state index is 13.2. The van der Waals surface area contributed by atoms with Crippen molar-refractivity contribution < 1.29 is 29.0 Å². The fourth-order valence-electron chi connectivity index (χ4n) is 4.56. The zero-order valence-corrected chi connectivity index (χ0v) is 20.7. The molecule has 188 valence electrons. The van der Waals surface area contributed by atoms with E-state index in [1.54, 1.807) is 25.7 Å². The highest BCUT2D eigenvalue weighted by Gasteiger charge is 2.43. The third kappa shape index (κ3) is 7.33. The van der Waals surface area contributed by atoms with Crippen LogP contribution in [0, 0.1) is 11.8 Å². The van der Waals surface area contributed by atoms with E-state index in [-0.39, 0.29) is 23.7 Å². The van der Waals surface area contributed by atoms with Crippen LogP contribution in [0.15, 0.2) is 0 Å². The third-order valence-electron chi connectivity index (χ3n) is 6.81.